The summed E-state index contributed by atoms with van der Waals surface area (Å²) in [6.07, 6.45) is 1.25. The second-order valence-corrected chi connectivity index (χ2v) is 2.45. The van der Waals surface area contributed by atoms with Crippen molar-refractivity contribution >= 4 is 0 Å². The van der Waals surface area contributed by atoms with Crippen LogP contribution in [0.3, 0.4) is 0 Å². The third-order valence-electron chi connectivity index (χ3n) is 1.56. The third kappa shape index (κ3) is 2.25. The van der Waals surface area contributed by atoms with Gasteiger partial charge >= 0.3 is 0 Å². The zero-order valence-corrected chi connectivity index (χ0v) is 6.25. The van der Waals surface area contributed by atoms with Gasteiger partial charge in [0.15, 0.2) is 6.29 Å². The molecule has 0 spiro atoms. The first-order valence-corrected chi connectivity index (χ1v) is 3.74. The van der Waals surface area contributed by atoms with E-state index in [1.807, 2.05) is 6.92 Å². The average molecular weight is 146 g/mol. The molecule has 0 aromatic heterocycles. The molecule has 1 N–H and O–H groups in total. The van der Waals surface area contributed by atoms with Crippen molar-refractivity contribution in [2.24, 2.45) is 0 Å². The van der Waals surface area contributed by atoms with E-state index in [0.717, 1.165) is 12.8 Å². The Bertz CT molecular complexity index is 86.9. The first kappa shape index (κ1) is 7.98. The molecule has 0 saturated carbocycles. The zero-order valence-electron chi connectivity index (χ0n) is 6.25. The summed E-state index contributed by atoms with van der Waals surface area (Å²) in [6, 6.07) is 0. The van der Waals surface area contributed by atoms with Crippen molar-refractivity contribution in [1.29, 1.82) is 0 Å². The Labute approximate surface area is 60.9 Å². The van der Waals surface area contributed by atoms with Crippen LogP contribution in [0.4, 0.5) is 0 Å². The lowest BCUT2D eigenvalue weighted by molar-refractivity contribution is -0.184. The van der Waals surface area contributed by atoms with E-state index in [-0.39, 0.29) is 12.4 Å². The lowest BCUT2D eigenvalue weighted by Gasteiger charge is -2.25. The average Bonchev–Trinajstić information content (AvgIpc) is 1.95. The van der Waals surface area contributed by atoms with Crippen LogP contribution in [0.2, 0.25) is 0 Å². The molecule has 10 heavy (non-hydrogen) atoms. The second-order valence-electron chi connectivity index (χ2n) is 2.45. The van der Waals surface area contributed by atoms with Gasteiger partial charge in [-0.1, -0.05) is 0 Å². The molecule has 1 aliphatic heterocycles. The summed E-state index contributed by atoms with van der Waals surface area (Å²) in [7, 11) is 0. The molecule has 1 heterocycles. The summed E-state index contributed by atoms with van der Waals surface area (Å²) in [4.78, 5) is 0. The molecule has 1 fully saturated rings. The van der Waals surface area contributed by atoms with Crippen LogP contribution in [0.25, 0.3) is 0 Å². The fourth-order valence-corrected chi connectivity index (χ4v) is 1.03. The van der Waals surface area contributed by atoms with Gasteiger partial charge in [0.2, 0.25) is 0 Å². The lowest BCUT2D eigenvalue weighted by atomic mass is 10.1. The van der Waals surface area contributed by atoms with Gasteiger partial charge < -0.3 is 14.6 Å². The van der Waals surface area contributed by atoms with E-state index >= 15 is 0 Å². The SMILES string of the molecule is CCOC1CCC(O)CO1. The molecular weight excluding hydrogens is 132 g/mol. The fraction of sp³-hybridized carbons (Fsp3) is 1.00. The molecular formula is C7H14O3. The molecule has 0 bridgehead atoms. The zero-order chi connectivity index (χ0) is 7.40. The van der Waals surface area contributed by atoms with Crippen LogP contribution in [0, 0.1) is 0 Å². The smallest absolute Gasteiger partial charge is 0.157 e. The van der Waals surface area contributed by atoms with Crippen molar-refractivity contribution in [2.45, 2.75) is 32.2 Å². The van der Waals surface area contributed by atoms with Crippen molar-refractivity contribution in [3.8, 4) is 0 Å². The van der Waals surface area contributed by atoms with Crippen molar-refractivity contribution in [3.05, 3.63) is 0 Å². The van der Waals surface area contributed by atoms with Crippen LogP contribution < -0.4 is 0 Å². The molecule has 3 nitrogen and oxygen atoms in total. The van der Waals surface area contributed by atoms with E-state index in [9.17, 15) is 0 Å². The van der Waals surface area contributed by atoms with E-state index < -0.39 is 0 Å². The van der Waals surface area contributed by atoms with Gasteiger partial charge in [0.1, 0.15) is 0 Å². The van der Waals surface area contributed by atoms with Gasteiger partial charge in [0, 0.05) is 13.0 Å². The molecule has 3 heteroatoms. The molecule has 2 unspecified atom stereocenters. The summed E-state index contributed by atoms with van der Waals surface area (Å²) in [6.45, 7) is 3.04. The number of ether oxygens (including phenoxy) is 2. The summed E-state index contributed by atoms with van der Waals surface area (Å²) < 4.78 is 10.4. The number of hydrogen-bond acceptors (Lipinski definition) is 3. The van der Waals surface area contributed by atoms with Gasteiger partial charge in [-0.25, -0.2) is 0 Å². The fourth-order valence-electron chi connectivity index (χ4n) is 1.03. The number of aliphatic hydroxyl groups excluding tert-OH is 1. The molecule has 60 valence electrons. The highest BCUT2D eigenvalue weighted by molar-refractivity contribution is 4.62. The Kier molecular flexibility index (Phi) is 3.12. The Morgan fingerprint density at radius 3 is 2.90 bits per heavy atom. The predicted molar refractivity (Wildman–Crippen MR) is 36.6 cm³/mol. The van der Waals surface area contributed by atoms with Crippen molar-refractivity contribution < 1.29 is 14.6 Å². The summed E-state index contributed by atoms with van der Waals surface area (Å²) >= 11 is 0. The molecule has 0 aromatic rings. The van der Waals surface area contributed by atoms with Crippen LogP contribution in [0.5, 0.6) is 0 Å². The van der Waals surface area contributed by atoms with Crippen LogP contribution in [0.15, 0.2) is 0 Å². The highest BCUT2D eigenvalue weighted by Gasteiger charge is 2.19. The minimum Gasteiger partial charge on any atom is -0.391 e. The van der Waals surface area contributed by atoms with E-state index in [2.05, 4.69) is 0 Å². The third-order valence-corrected chi connectivity index (χ3v) is 1.56. The van der Waals surface area contributed by atoms with Crippen molar-refractivity contribution in [1.82, 2.24) is 0 Å². The van der Waals surface area contributed by atoms with Gasteiger partial charge in [-0.3, -0.25) is 0 Å². The van der Waals surface area contributed by atoms with Crippen molar-refractivity contribution in [2.75, 3.05) is 13.2 Å². The Balaban J connectivity index is 2.13. The molecule has 2 atom stereocenters. The molecule has 1 saturated heterocycles. The Morgan fingerprint density at radius 2 is 2.40 bits per heavy atom. The number of rotatable bonds is 2. The first-order valence-electron chi connectivity index (χ1n) is 3.74. The standard InChI is InChI=1S/C7H14O3/c1-2-9-7-4-3-6(8)5-10-7/h6-8H,2-5H2,1H3. The van der Waals surface area contributed by atoms with E-state index in [4.69, 9.17) is 14.6 Å². The number of aliphatic hydroxyl groups is 1. The summed E-state index contributed by atoms with van der Waals surface area (Å²) in [5.74, 6) is 0. The lowest BCUT2D eigenvalue weighted by Crippen LogP contribution is -2.30. The summed E-state index contributed by atoms with van der Waals surface area (Å²) in [5.41, 5.74) is 0. The summed E-state index contributed by atoms with van der Waals surface area (Å²) in [5, 5.41) is 9.01. The van der Waals surface area contributed by atoms with Crippen LogP contribution in [0.1, 0.15) is 19.8 Å². The van der Waals surface area contributed by atoms with Crippen LogP contribution in [-0.4, -0.2) is 30.7 Å². The highest BCUT2D eigenvalue weighted by atomic mass is 16.7. The molecule has 0 amide bonds. The van der Waals surface area contributed by atoms with E-state index in [0.29, 0.717) is 13.2 Å². The predicted octanol–water partition coefficient (Wildman–Crippen LogP) is 0.520. The minimum absolute atomic E-state index is 0.0756. The van der Waals surface area contributed by atoms with Crippen LogP contribution in [-0.2, 0) is 9.47 Å². The van der Waals surface area contributed by atoms with Gasteiger partial charge in [-0.15, -0.1) is 0 Å². The first-order chi connectivity index (χ1) is 4.83. The Hall–Kier alpha value is -0.120. The molecule has 0 aliphatic carbocycles. The van der Waals surface area contributed by atoms with Gasteiger partial charge in [-0.2, -0.15) is 0 Å². The maximum Gasteiger partial charge on any atom is 0.157 e. The maximum absolute atomic E-state index is 9.01. The quantitative estimate of drug-likeness (QED) is 0.617. The topological polar surface area (TPSA) is 38.7 Å². The van der Waals surface area contributed by atoms with Gasteiger partial charge in [0.05, 0.1) is 12.7 Å². The molecule has 1 rings (SSSR count). The molecule has 0 radical (unpaired) electrons. The largest absolute Gasteiger partial charge is 0.391 e. The van der Waals surface area contributed by atoms with Gasteiger partial charge in [0.25, 0.3) is 0 Å². The van der Waals surface area contributed by atoms with Gasteiger partial charge in [-0.05, 0) is 13.3 Å². The normalized spacial score (nSPS) is 34.2. The van der Waals surface area contributed by atoms with Crippen LogP contribution >= 0.6 is 0 Å². The second kappa shape index (κ2) is 3.91. The monoisotopic (exact) mass is 146 g/mol. The van der Waals surface area contributed by atoms with E-state index in [1.165, 1.54) is 0 Å². The minimum atomic E-state index is -0.281. The van der Waals surface area contributed by atoms with Crippen molar-refractivity contribution in [3.63, 3.8) is 0 Å². The van der Waals surface area contributed by atoms with E-state index in [1.54, 1.807) is 0 Å². The molecule has 1 aliphatic rings. The highest BCUT2D eigenvalue weighted by Crippen LogP contribution is 2.13. The molecule has 0 aromatic carbocycles. The number of hydrogen-bond donors (Lipinski definition) is 1. The maximum atomic E-state index is 9.01. The Morgan fingerprint density at radius 1 is 1.60 bits per heavy atom.